The molecule has 2 aromatic carbocycles. The number of benzene rings is 2. The van der Waals surface area contributed by atoms with Crippen LogP contribution in [0.2, 0.25) is 5.02 Å². The summed E-state index contributed by atoms with van der Waals surface area (Å²) in [5, 5.41) is 5.00. The van der Waals surface area contributed by atoms with E-state index < -0.39 is 0 Å². The third-order valence-corrected chi connectivity index (χ3v) is 4.09. The van der Waals surface area contributed by atoms with Crippen molar-refractivity contribution in [2.24, 2.45) is 0 Å². The van der Waals surface area contributed by atoms with Gasteiger partial charge < -0.3 is 4.42 Å². The lowest BCUT2D eigenvalue weighted by Gasteiger charge is -1.97. The molecule has 0 aliphatic heterocycles. The van der Waals surface area contributed by atoms with Crippen molar-refractivity contribution < 1.29 is 4.42 Å². The van der Waals surface area contributed by atoms with Crippen LogP contribution < -0.4 is 0 Å². The van der Waals surface area contributed by atoms with Crippen molar-refractivity contribution in [3.63, 3.8) is 0 Å². The molecule has 2 heterocycles. The highest BCUT2D eigenvalue weighted by molar-refractivity contribution is 9.10. The van der Waals surface area contributed by atoms with Crippen molar-refractivity contribution in [3.05, 3.63) is 52.2 Å². The molecule has 0 unspecified atom stereocenters. The maximum Gasteiger partial charge on any atom is 0.138 e. The molecule has 0 radical (unpaired) electrons. The number of hydrogen-bond donors (Lipinski definition) is 0. The number of furan rings is 1. The van der Waals surface area contributed by atoms with E-state index in [1.165, 1.54) is 0 Å². The van der Waals surface area contributed by atoms with Gasteiger partial charge in [-0.25, -0.2) is 0 Å². The Morgan fingerprint density at radius 1 is 1.05 bits per heavy atom. The number of pyridine rings is 1. The van der Waals surface area contributed by atoms with Gasteiger partial charge in [0.15, 0.2) is 0 Å². The number of aromatic nitrogens is 1. The zero-order chi connectivity index (χ0) is 13.0. The Labute approximate surface area is 122 Å². The Morgan fingerprint density at radius 2 is 1.95 bits per heavy atom. The molecule has 2 aromatic heterocycles. The second kappa shape index (κ2) is 3.95. The van der Waals surface area contributed by atoms with Gasteiger partial charge in [-0.15, -0.1) is 0 Å². The number of fused-ring (bicyclic) bond motifs is 4. The minimum absolute atomic E-state index is 0.657. The summed E-state index contributed by atoms with van der Waals surface area (Å²) < 4.78 is 6.83. The van der Waals surface area contributed by atoms with Crippen molar-refractivity contribution in [1.82, 2.24) is 4.98 Å². The summed E-state index contributed by atoms with van der Waals surface area (Å²) in [6.45, 7) is 0. The molecule has 4 rings (SSSR count). The van der Waals surface area contributed by atoms with Gasteiger partial charge in [-0.2, -0.15) is 0 Å². The van der Waals surface area contributed by atoms with Crippen molar-refractivity contribution >= 4 is 60.2 Å². The molecule has 0 saturated heterocycles. The summed E-state index contributed by atoms with van der Waals surface area (Å²) in [5.41, 5.74) is 1.64. The first-order valence-electron chi connectivity index (χ1n) is 5.77. The van der Waals surface area contributed by atoms with E-state index in [-0.39, 0.29) is 0 Å². The van der Waals surface area contributed by atoms with Gasteiger partial charge in [0.25, 0.3) is 0 Å². The monoisotopic (exact) mass is 331 g/mol. The first-order chi connectivity index (χ1) is 9.22. The van der Waals surface area contributed by atoms with Gasteiger partial charge in [0.05, 0.1) is 0 Å². The SMILES string of the molecule is Clc1cc(Br)c2c(c1)oc1cc3cnccc3cc12. The molecule has 0 N–H and O–H groups in total. The number of halogens is 2. The van der Waals surface area contributed by atoms with E-state index in [9.17, 15) is 0 Å². The van der Waals surface area contributed by atoms with E-state index in [1.807, 2.05) is 30.5 Å². The molecule has 19 heavy (non-hydrogen) atoms. The Balaban J connectivity index is 2.26. The van der Waals surface area contributed by atoms with Gasteiger partial charge in [0, 0.05) is 44.1 Å². The van der Waals surface area contributed by atoms with Crippen LogP contribution in [0.5, 0.6) is 0 Å². The van der Waals surface area contributed by atoms with Gasteiger partial charge in [0.2, 0.25) is 0 Å². The Bertz CT molecular complexity index is 945. The normalized spacial score (nSPS) is 11.7. The van der Waals surface area contributed by atoms with Crippen molar-refractivity contribution in [2.75, 3.05) is 0 Å². The molecular formula is C15H7BrClNO. The third-order valence-electron chi connectivity index (χ3n) is 3.25. The molecule has 4 heteroatoms. The highest BCUT2D eigenvalue weighted by Gasteiger charge is 2.12. The fourth-order valence-electron chi connectivity index (χ4n) is 2.41. The highest BCUT2D eigenvalue weighted by Crippen LogP contribution is 2.37. The number of hydrogen-bond acceptors (Lipinski definition) is 2. The maximum atomic E-state index is 6.06. The summed E-state index contributed by atoms with van der Waals surface area (Å²) >= 11 is 9.61. The van der Waals surface area contributed by atoms with Gasteiger partial charge in [-0.3, -0.25) is 4.98 Å². The first-order valence-corrected chi connectivity index (χ1v) is 6.94. The molecule has 0 aliphatic carbocycles. The Kier molecular flexibility index (Phi) is 2.34. The van der Waals surface area contributed by atoms with Crippen molar-refractivity contribution in [2.45, 2.75) is 0 Å². The molecule has 0 bridgehead atoms. The smallest absolute Gasteiger partial charge is 0.138 e. The van der Waals surface area contributed by atoms with Crippen molar-refractivity contribution in [1.29, 1.82) is 0 Å². The average molecular weight is 333 g/mol. The van der Waals surface area contributed by atoms with Gasteiger partial charge >= 0.3 is 0 Å². The van der Waals surface area contributed by atoms with Crippen LogP contribution in [0.25, 0.3) is 32.7 Å². The molecular weight excluding hydrogens is 326 g/mol. The van der Waals surface area contributed by atoms with Crippen LogP contribution in [0.4, 0.5) is 0 Å². The van der Waals surface area contributed by atoms with E-state index in [4.69, 9.17) is 16.0 Å². The molecule has 0 atom stereocenters. The summed E-state index contributed by atoms with van der Waals surface area (Å²) in [6.07, 6.45) is 3.63. The Hall–Kier alpha value is -1.58. The van der Waals surface area contributed by atoms with Gasteiger partial charge in [-0.05, 0) is 45.6 Å². The lowest BCUT2D eigenvalue weighted by Crippen LogP contribution is -1.75. The second-order valence-corrected chi connectivity index (χ2v) is 5.72. The minimum atomic E-state index is 0.657. The quantitative estimate of drug-likeness (QED) is 0.422. The van der Waals surface area contributed by atoms with Crippen LogP contribution in [0, 0.1) is 0 Å². The van der Waals surface area contributed by atoms with Crippen LogP contribution in [0.15, 0.2) is 51.6 Å². The predicted octanol–water partition coefficient (Wildman–Crippen LogP) is 5.55. The summed E-state index contributed by atoms with van der Waals surface area (Å²) in [4.78, 5) is 4.13. The fourth-order valence-corrected chi connectivity index (χ4v) is 3.40. The topological polar surface area (TPSA) is 26.0 Å². The molecule has 92 valence electrons. The largest absolute Gasteiger partial charge is 0.456 e. The lowest BCUT2D eigenvalue weighted by molar-refractivity contribution is 0.669. The van der Waals surface area contributed by atoms with Crippen LogP contribution in [0.3, 0.4) is 0 Å². The zero-order valence-corrected chi connectivity index (χ0v) is 12.0. The molecule has 0 aliphatic rings. The number of nitrogens with zero attached hydrogens (tertiary/aromatic N) is 1. The standard InChI is InChI=1S/C15H7BrClNO/c16-12-5-10(17)6-14-15(12)11-3-8-1-2-18-7-9(8)4-13(11)19-14/h1-7H. The molecule has 0 amide bonds. The molecule has 0 fully saturated rings. The van der Waals surface area contributed by atoms with Crippen molar-refractivity contribution in [3.8, 4) is 0 Å². The van der Waals surface area contributed by atoms with Crippen LogP contribution in [-0.2, 0) is 0 Å². The van der Waals surface area contributed by atoms with E-state index in [2.05, 4.69) is 27.0 Å². The van der Waals surface area contributed by atoms with Crippen LogP contribution in [-0.4, -0.2) is 4.98 Å². The highest BCUT2D eigenvalue weighted by atomic mass is 79.9. The zero-order valence-electron chi connectivity index (χ0n) is 9.65. The van der Waals surface area contributed by atoms with E-state index in [1.54, 1.807) is 6.20 Å². The molecule has 0 spiro atoms. The third kappa shape index (κ3) is 1.66. The molecule has 4 aromatic rings. The summed E-state index contributed by atoms with van der Waals surface area (Å²) in [5.74, 6) is 0. The summed E-state index contributed by atoms with van der Waals surface area (Å²) in [7, 11) is 0. The van der Waals surface area contributed by atoms with Gasteiger partial charge in [-0.1, -0.05) is 11.6 Å². The fraction of sp³-hybridized carbons (Fsp3) is 0. The first kappa shape index (κ1) is 11.3. The predicted molar refractivity (Wildman–Crippen MR) is 81.7 cm³/mol. The second-order valence-electron chi connectivity index (χ2n) is 4.43. The Morgan fingerprint density at radius 3 is 2.84 bits per heavy atom. The minimum Gasteiger partial charge on any atom is -0.456 e. The lowest BCUT2D eigenvalue weighted by atomic mass is 10.1. The number of rotatable bonds is 0. The average Bonchev–Trinajstić information content (AvgIpc) is 2.72. The van der Waals surface area contributed by atoms with Gasteiger partial charge in [0.1, 0.15) is 11.2 Å². The van der Waals surface area contributed by atoms with E-state index in [0.717, 1.165) is 37.2 Å². The summed E-state index contributed by atoms with van der Waals surface area (Å²) in [6, 6.07) is 9.85. The molecule has 0 saturated carbocycles. The van der Waals surface area contributed by atoms with E-state index >= 15 is 0 Å². The van der Waals surface area contributed by atoms with Crippen LogP contribution >= 0.6 is 27.5 Å². The van der Waals surface area contributed by atoms with E-state index in [0.29, 0.717) is 5.02 Å². The maximum absolute atomic E-state index is 6.06. The van der Waals surface area contributed by atoms with Crippen LogP contribution in [0.1, 0.15) is 0 Å². The molecule has 2 nitrogen and oxygen atoms in total.